The molecule has 0 heterocycles. The van der Waals surface area contributed by atoms with Gasteiger partial charge in [-0.05, 0) is 16.2 Å². The van der Waals surface area contributed by atoms with Crippen molar-refractivity contribution in [1.82, 2.24) is 0 Å². The van der Waals surface area contributed by atoms with E-state index in [4.69, 9.17) is 5.73 Å². The maximum Gasteiger partial charge on any atom is 0.0535 e. The standard InChI is InChI=1S/C14H11NS/c15-13-11-7-3-1-5-9(11)10-6-2-4-8-12(10)14(13)16/h1-8,16H,15H2. The van der Waals surface area contributed by atoms with Crippen LogP contribution in [0.5, 0.6) is 0 Å². The van der Waals surface area contributed by atoms with Crippen LogP contribution in [0.4, 0.5) is 5.69 Å². The Kier molecular flexibility index (Phi) is 2.04. The van der Waals surface area contributed by atoms with Gasteiger partial charge in [-0.1, -0.05) is 48.5 Å². The fourth-order valence-corrected chi connectivity index (χ4v) is 2.47. The van der Waals surface area contributed by atoms with Crippen LogP contribution < -0.4 is 5.73 Å². The van der Waals surface area contributed by atoms with Crippen LogP contribution >= 0.6 is 12.6 Å². The van der Waals surface area contributed by atoms with Crippen LogP contribution in [0.2, 0.25) is 0 Å². The summed E-state index contributed by atoms with van der Waals surface area (Å²) in [6, 6.07) is 16.4. The molecule has 1 nitrogen and oxygen atoms in total. The largest absolute Gasteiger partial charge is 0.397 e. The van der Waals surface area contributed by atoms with Crippen LogP contribution in [0.1, 0.15) is 0 Å². The van der Waals surface area contributed by atoms with E-state index in [2.05, 4.69) is 30.8 Å². The van der Waals surface area contributed by atoms with E-state index in [0.29, 0.717) is 0 Å². The van der Waals surface area contributed by atoms with E-state index < -0.39 is 0 Å². The third-order valence-corrected chi connectivity index (χ3v) is 3.43. The number of nitrogen functional groups attached to an aromatic ring is 1. The first-order chi connectivity index (χ1) is 7.79. The Morgan fingerprint density at radius 1 is 0.688 bits per heavy atom. The Labute approximate surface area is 99.3 Å². The molecule has 0 saturated carbocycles. The van der Waals surface area contributed by atoms with Gasteiger partial charge in [-0.3, -0.25) is 0 Å². The summed E-state index contributed by atoms with van der Waals surface area (Å²) in [5, 5.41) is 4.58. The minimum Gasteiger partial charge on any atom is -0.397 e. The zero-order valence-corrected chi connectivity index (χ0v) is 9.54. The minimum absolute atomic E-state index is 0.762. The van der Waals surface area contributed by atoms with E-state index in [1.165, 1.54) is 10.8 Å². The highest BCUT2D eigenvalue weighted by Crippen LogP contribution is 2.36. The van der Waals surface area contributed by atoms with Crippen LogP contribution in [-0.2, 0) is 0 Å². The van der Waals surface area contributed by atoms with Gasteiger partial charge in [0.15, 0.2) is 0 Å². The Morgan fingerprint density at radius 2 is 1.12 bits per heavy atom. The number of hydrogen-bond acceptors (Lipinski definition) is 2. The molecule has 0 bridgehead atoms. The van der Waals surface area contributed by atoms with Crippen LogP contribution in [0.25, 0.3) is 21.5 Å². The normalized spacial score (nSPS) is 11.1. The number of anilines is 1. The molecule has 3 rings (SSSR count). The second-order valence-electron chi connectivity index (χ2n) is 3.85. The third-order valence-electron chi connectivity index (χ3n) is 2.94. The first-order valence-electron chi connectivity index (χ1n) is 5.17. The molecule has 0 radical (unpaired) electrons. The van der Waals surface area contributed by atoms with E-state index in [1.807, 2.05) is 30.3 Å². The summed E-state index contributed by atoms with van der Waals surface area (Å²) in [6.07, 6.45) is 0. The second kappa shape index (κ2) is 3.42. The summed E-state index contributed by atoms with van der Waals surface area (Å²) in [5.74, 6) is 0. The van der Waals surface area contributed by atoms with Gasteiger partial charge in [0, 0.05) is 10.3 Å². The van der Waals surface area contributed by atoms with Gasteiger partial charge in [-0.2, -0.15) is 0 Å². The molecule has 3 aromatic carbocycles. The van der Waals surface area contributed by atoms with Crippen molar-refractivity contribution >= 4 is 39.9 Å². The van der Waals surface area contributed by atoms with Crippen LogP contribution in [0.3, 0.4) is 0 Å². The Morgan fingerprint density at radius 3 is 1.75 bits per heavy atom. The van der Waals surface area contributed by atoms with Crippen molar-refractivity contribution in [3.05, 3.63) is 48.5 Å². The molecule has 0 unspecified atom stereocenters. The average molecular weight is 225 g/mol. The SMILES string of the molecule is Nc1c(S)c2ccccc2c2ccccc12. The van der Waals surface area contributed by atoms with Gasteiger partial charge in [-0.15, -0.1) is 12.6 Å². The van der Waals surface area contributed by atoms with Gasteiger partial charge in [0.05, 0.1) is 5.69 Å². The van der Waals surface area contributed by atoms with E-state index in [9.17, 15) is 0 Å². The van der Waals surface area contributed by atoms with Crippen molar-refractivity contribution in [2.75, 3.05) is 5.73 Å². The van der Waals surface area contributed by atoms with Crippen molar-refractivity contribution in [1.29, 1.82) is 0 Å². The Hall–Kier alpha value is -1.67. The van der Waals surface area contributed by atoms with Crippen LogP contribution in [0.15, 0.2) is 53.4 Å². The first kappa shape index (κ1) is 9.55. The number of benzene rings is 3. The quantitative estimate of drug-likeness (QED) is 0.339. The van der Waals surface area contributed by atoms with E-state index in [1.54, 1.807) is 0 Å². The number of thiol groups is 1. The van der Waals surface area contributed by atoms with Gasteiger partial charge in [-0.25, -0.2) is 0 Å². The van der Waals surface area contributed by atoms with Crippen molar-refractivity contribution in [2.24, 2.45) is 0 Å². The maximum absolute atomic E-state index is 6.11. The molecule has 0 saturated heterocycles. The topological polar surface area (TPSA) is 26.0 Å². The summed E-state index contributed by atoms with van der Waals surface area (Å²) in [7, 11) is 0. The number of rotatable bonds is 0. The molecular formula is C14H11NS. The smallest absolute Gasteiger partial charge is 0.0535 e. The summed E-state index contributed by atoms with van der Waals surface area (Å²) in [4.78, 5) is 0.870. The summed E-state index contributed by atoms with van der Waals surface area (Å²) in [6.45, 7) is 0. The molecule has 0 fully saturated rings. The highest BCUT2D eigenvalue weighted by Gasteiger charge is 2.08. The minimum atomic E-state index is 0.762. The molecule has 16 heavy (non-hydrogen) atoms. The lowest BCUT2D eigenvalue weighted by atomic mass is 10.0. The van der Waals surface area contributed by atoms with Gasteiger partial charge in [0.25, 0.3) is 0 Å². The number of nitrogens with two attached hydrogens (primary N) is 1. The highest BCUT2D eigenvalue weighted by atomic mass is 32.1. The Balaban J connectivity index is 2.69. The molecule has 2 N–H and O–H groups in total. The first-order valence-corrected chi connectivity index (χ1v) is 5.61. The van der Waals surface area contributed by atoms with Crippen LogP contribution in [-0.4, -0.2) is 0 Å². The fraction of sp³-hybridized carbons (Fsp3) is 0. The van der Waals surface area contributed by atoms with Gasteiger partial charge in [0.1, 0.15) is 0 Å². The molecule has 0 atom stereocenters. The van der Waals surface area contributed by atoms with Crippen molar-refractivity contribution in [3.63, 3.8) is 0 Å². The predicted molar refractivity (Wildman–Crippen MR) is 73.1 cm³/mol. The highest BCUT2D eigenvalue weighted by molar-refractivity contribution is 7.80. The molecule has 0 aliphatic heterocycles. The third kappa shape index (κ3) is 1.20. The Bertz CT molecular complexity index is 628. The average Bonchev–Trinajstić information content (AvgIpc) is 2.36. The summed E-state index contributed by atoms with van der Waals surface area (Å²) in [5.41, 5.74) is 6.87. The van der Waals surface area contributed by atoms with Crippen LogP contribution in [0, 0.1) is 0 Å². The fourth-order valence-electron chi connectivity index (χ4n) is 2.15. The lowest BCUT2D eigenvalue weighted by Crippen LogP contribution is -1.91. The van der Waals surface area contributed by atoms with E-state index in [0.717, 1.165) is 21.4 Å². The molecule has 0 aliphatic carbocycles. The molecule has 0 aliphatic rings. The monoisotopic (exact) mass is 225 g/mol. The van der Waals surface area contributed by atoms with Crippen molar-refractivity contribution in [3.8, 4) is 0 Å². The summed E-state index contributed by atoms with van der Waals surface area (Å²) < 4.78 is 0. The molecule has 0 amide bonds. The molecule has 0 aromatic heterocycles. The molecule has 2 heteroatoms. The van der Waals surface area contributed by atoms with E-state index >= 15 is 0 Å². The molecular weight excluding hydrogens is 214 g/mol. The summed E-state index contributed by atoms with van der Waals surface area (Å²) >= 11 is 4.51. The van der Waals surface area contributed by atoms with Gasteiger partial charge >= 0.3 is 0 Å². The lowest BCUT2D eigenvalue weighted by Gasteiger charge is -2.10. The predicted octanol–water partition coefficient (Wildman–Crippen LogP) is 3.86. The maximum atomic E-state index is 6.11. The van der Waals surface area contributed by atoms with Gasteiger partial charge < -0.3 is 5.73 Å². The number of fused-ring (bicyclic) bond motifs is 3. The lowest BCUT2D eigenvalue weighted by molar-refractivity contribution is 1.58. The second-order valence-corrected chi connectivity index (χ2v) is 4.30. The number of hydrogen-bond donors (Lipinski definition) is 2. The zero-order chi connectivity index (χ0) is 11.1. The van der Waals surface area contributed by atoms with Crippen molar-refractivity contribution < 1.29 is 0 Å². The van der Waals surface area contributed by atoms with Crippen molar-refractivity contribution in [2.45, 2.75) is 4.90 Å². The van der Waals surface area contributed by atoms with E-state index in [-0.39, 0.29) is 0 Å². The van der Waals surface area contributed by atoms with Gasteiger partial charge in [0.2, 0.25) is 0 Å². The zero-order valence-electron chi connectivity index (χ0n) is 8.64. The molecule has 78 valence electrons. The molecule has 0 spiro atoms. The molecule has 3 aromatic rings.